The van der Waals surface area contributed by atoms with Crippen LogP contribution in [0.2, 0.25) is 0 Å². The summed E-state index contributed by atoms with van der Waals surface area (Å²) in [5.41, 5.74) is 7.76. The topological polar surface area (TPSA) is 25.2 Å². The molecule has 33 heavy (non-hydrogen) atoms. The molecule has 1 aromatic heterocycles. The third-order valence-electron chi connectivity index (χ3n) is 7.05. The third kappa shape index (κ3) is 4.82. The zero-order valence-corrected chi connectivity index (χ0v) is 19.2. The molecule has 2 heteroatoms. The van der Waals surface area contributed by atoms with Crippen molar-refractivity contribution in [3.05, 3.63) is 108 Å². The zero-order valence-electron chi connectivity index (χ0n) is 19.2. The summed E-state index contributed by atoms with van der Waals surface area (Å²) >= 11 is 0. The Balaban J connectivity index is 1.67. The molecule has 0 saturated heterocycles. The largest absolute Gasteiger partial charge is 0.391 e. The smallest absolute Gasteiger partial charge is 0.0747 e. The first-order valence-corrected chi connectivity index (χ1v) is 12.4. The fraction of sp³-hybridized carbons (Fsp3) is 0.290. The molecule has 1 aliphatic rings. The highest BCUT2D eigenvalue weighted by atomic mass is 16.3. The highest BCUT2D eigenvalue weighted by molar-refractivity contribution is 5.84. The van der Waals surface area contributed by atoms with Crippen molar-refractivity contribution in [3.8, 4) is 22.4 Å². The predicted octanol–water partition coefficient (Wildman–Crippen LogP) is 7.47. The Kier molecular flexibility index (Phi) is 6.73. The fourth-order valence-electron chi connectivity index (χ4n) is 5.36. The molecule has 0 unspecified atom stereocenters. The van der Waals surface area contributed by atoms with Crippen LogP contribution in [0.15, 0.2) is 97.2 Å². The van der Waals surface area contributed by atoms with Crippen molar-refractivity contribution in [3.63, 3.8) is 0 Å². The van der Waals surface area contributed by atoms with Crippen molar-refractivity contribution < 1.29 is 5.11 Å². The number of benzene rings is 3. The lowest BCUT2D eigenvalue weighted by atomic mass is 9.94. The van der Waals surface area contributed by atoms with Crippen LogP contribution in [-0.4, -0.2) is 15.8 Å². The maximum Gasteiger partial charge on any atom is 0.0747 e. The average molecular weight is 436 g/mol. The molecule has 2 nitrogen and oxygen atoms in total. The van der Waals surface area contributed by atoms with Crippen LogP contribution in [0.3, 0.4) is 0 Å². The molecule has 0 amide bonds. The van der Waals surface area contributed by atoms with Crippen LogP contribution in [0, 0.1) is 0 Å². The normalized spacial score (nSPS) is 18.7. The summed E-state index contributed by atoms with van der Waals surface area (Å²) in [4.78, 5) is 0. The molecule has 1 saturated carbocycles. The van der Waals surface area contributed by atoms with E-state index < -0.39 is 0 Å². The summed E-state index contributed by atoms with van der Waals surface area (Å²) in [5, 5.41) is 11.1. The van der Waals surface area contributed by atoms with Gasteiger partial charge < -0.3 is 9.67 Å². The molecule has 168 valence electrons. The van der Waals surface area contributed by atoms with E-state index in [0.29, 0.717) is 0 Å². The van der Waals surface area contributed by atoms with Crippen molar-refractivity contribution >= 4 is 0 Å². The molecule has 0 spiro atoms. The second-order valence-electron chi connectivity index (χ2n) is 9.28. The Labute approximate surface area is 197 Å². The molecule has 1 N–H and O–H groups in total. The fourth-order valence-corrected chi connectivity index (χ4v) is 5.36. The maximum atomic E-state index is 11.1. The van der Waals surface area contributed by atoms with Gasteiger partial charge in [-0.25, -0.2) is 0 Å². The van der Waals surface area contributed by atoms with E-state index in [4.69, 9.17) is 0 Å². The summed E-state index contributed by atoms with van der Waals surface area (Å²) in [6.07, 6.45) is 9.46. The molecule has 4 aromatic rings. The van der Waals surface area contributed by atoms with Crippen LogP contribution in [0.4, 0.5) is 0 Å². The second-order valence-corrected chi connectivity index (χ2v) is 9.28. The van der Waals surface area contributed by atoms with E-state index >= 15 is 0 Å². The molecule has 2 atom stereocenters. The Bertz CT molecular complexity index is 1150. The van der Waals surface area contributed by atoms with Gasteiger partial charge in [0.2, 0.25) is 0 Å². The third-order valence-corrected chi connectivity index (χ3v) is 7.05. The van der Waals surface area contributed by atoms with Crippen LogP contribution < -0.4 is 0 Å². The maximum absolute atomic E-state index is 11.1. The Morgan fingerprint density at radius 1 is 0.667 bits per heavy atom. The van der Waals surface area contributed by atoms with E-state index in [2.05, 4.69) is 102 Å². The highest BCUT2D eigenvalue weighted by Gasteiger charge is 2.28. The monoisotopic (exact) mass is 435 g/mol. The zero-order chi connectivity index (χ0) is 22.5. The van der Waals surface area contributed by atoms with E-state index in [0.717, 1.165) is 32.1 Å². The summed E-state index contributed by atoms with van der Waals surface area (Å²) in [5.74, 6) is 0. The van der Waals surface area contributed by atoms with Gasteiger partial charge in [-0.1, -0.05) is 110 Å². The number of hydrogen-bond donors (Lipinski definition) is 1. The Morgan fingerprint density at radius 2 is 1.27 bits per heavy atom. The molecule has 1 heterocycles. The number of hydrogen-bond acceptors (Lipinski definition) is 1. The molecule has 1 aliphatic carbocycles. The Morgan fingerprint density at radius 3 is 1.97 bits per heavy atom. The minimum absolute atomic E-state index is 0.121. The summed E-state index contributed by atoms with van der Waals surface area (Å²) in [6, 6.07) is 32.4. The molecule has 0 bridgehead atoms. The van der Waals surface area contributed by atoms with E-state index in [9.17, 15) is 5.11 Å². The lowest BCUT2D eigenvalue weighted by Gasteiger charge is -2.25. The predicted molar refractivity (Wildman–Crippen MR) is 137 cm³/mol. The van der Waals surface area contributed by atoms with E-state index in [-0.39, 0.29) is 12.1 Å². The molecular formula is C31H33NO. The Hall–Kier alpha value is -3.10. The highest BCUT2D eigenvalue weighted by Crippen LogP contribution is 2.41. The first kappa shape index (κ1) is 21.7. The van der Waals surface area contributed by atoms with Gasteiger partial charge in [0.15, 0.2) is 0 Å². The van der Waals surface area contributed by atoms with Crippen molar-refractivity contribution in [1.29, 1.82) is 0 Å². The summed E-state index contributed by atoms with van der Waals surface area (Å²) in [7, 11) is 0. The van der Waals surface area contributed by atoms with Gasteiger partial charge in [-0.2, -0.15) is 0 Å². The molecule has 1 fully saturated rings. The number of aryl methyl sites for hydroxylation is 2. The van der Waals surface area contributed by atoms with E-state index in [1.807, 2.05) is 0 Å². The minimum Gasteiger partial charge on any atom is -0.391 e. The van der Waals surface area contributed by atoms with Crippen molar-refractivity contribution in [1.82, 2.24) is 4.57 Å². The quantitative estimate of drug-likeness (QED) is 0.312. The first-order chi connectivity index (χ1) is 16.3. The molecule has 5 rings (SSSR count). The lowest BCUT2D eigenvalue weighted by molar-refractivity contribution is 0.106. The summed E-state index contributed by atoms with van der Waals surface area (Å²) < 4.78 is 2.42. The standard InChI is InChI=1S/C31H33NO/c33-29-20-12-4-11-19-28(29)32-23-27(22-21-24-13-5-1-6-14-24)30(25-15-7-2-8-16-25)31(32)26-17-9-3-10-18-26/h1-3,5-10,13-18,23,28-29,33H,4,11-12,19-22H2/t28-,29+/m1/s1. The second kappa shape index (κ2) is 10.2. The first-order valence-electron chi connectivity index (χ1n) is 12.4. The van der Waals surface area contributed by atoms with Gasteiger partial charge in [0, 0.05) is 11.8 Å². The average Bonchev–Trinajstić information content (AvgIpc) is 3.12. The van der Waals surface area contributed by atoms with Crippen LogP contribution in [-0.2, 0) is 12.8 Å². The molecule has 3 aromatic carbocycles. The van der Waals surface area contributed by atoms with Crippen LogP contribution in [0.25, 0.3) is 22.4 Å². The van der Waals surface area contributed by atoms with Crippen LogP contribution >= 0.6 is 0 Å². The minimum atomic E-state index is -0.298. The number of nitrogens with zero attached hydrogens (tertiary/aromatic N) is 1. The van der Waals surface area contributed by atoms with Gasteiger partial charge in [-0.05, 0) is 47.9 Å². The molecule has 0 radical (unpaired) electrons. The van der Waals surface area contributed by atoms with Gasteiger partial charge in [-0.15, -0.1) is 0 Å². The van der Waals surface area contributed by atoms with Crippen molar-refractivity contribution in [2.24, 2.45) is 0 Å². The lowest BCUT2D eigenvalue weighted by Crippen LogP contribution is -2.23. The van der Waals surface area contributed by atoms with Crippen molar-refractivity contribution in [2.75, 3.05) is 0 Å². The van der Waals surface area contributed by atoms with E-state index in [1.165, 1.54) is 46.4 Å². The SMILES string of the molecule is O[C@H]1CCCCC[C@H]1n1cc(CCc2ccccc2)c(-c2ccccc2)c1-c1ccccc1. The number of aromatic nitrogens is 1. The van der Waals surface area contributed by atoms with Gasteiger partial charge >= 0.3 is 0 Å². The van der Waals surface area contributed by atoms with Gasteiger partial charge in [0.1, 0.15) is 0 Å². The summed E-state index contributed by atoms with van der Waals surface area (Å²) in [6.45, 7) is 0. The van der Waals surface area contributed by atoms with Crippen molar-refractivity contribution in [2.45, 2.75) is 57.1 Å². The number of rotatable bonds is 6. The van der Waals surface area contributed by atoms with Gasteiger partial charge in [0.25, 0.3) is 0 Å². The molecule has 0 aliphatic heterocycles. The number of aliphatic hydroxyl groups is 1. The molecular weight excluding hydrogens is 402 g/mol. The van der Waals surface area contributed by atoms with E-state index in [1.54, 1.807) is 0 Å². The van der Waals surface area contributed by atoms with Crippen LogP contribution in [0.1, 0.15) is 49.3 Å². The van der Waals surface area contributed by atoms with Gasteiger partial charge in [0.05, 0.1) is 17.8 Å². The van der Waals surface area contributed by atoms with Crippen LogP contribution in [0.5, 0.6) is 0 Å². The number of aliphatic hydroxyl groups excluding tert-OH is 1. The van der Waals surface area contributed by atoms with Gasteiger partial charge in [-0.3, -0.25) is 0 Å².